The van der Waals surface area contributed by atoms with Crippen molar-refractivity contribution in [3.05, 3.63) is 16.1 Å². The van der Waals surface area contributed by atoms with Crippen molar-refractivity contribution in [1.29, 1.82) is 0 Å². The first kappa shape index (κ1) is 12.5. The van der Waals surface area contributed by atoms with Crippen molar-refractivity contribution >= 4 is 17.2 Å². The van der Waals surface area contributed by atoms with Crippen molar-refractivity contribution in [2.24, 2.45) is 11.8 Å². The maximum Gasteiger partial charge on any atom is 0.225 e. The molecule has 17 heavy (non-hydrogen) atoms. The summed E-state index contributed by atoms with van der Waals surface area (Å²) in [6.07, 6.45) is 1.85. The average Bonchev–Trinajstić information content (AvgIpc) is 2.86. The Morgan fingerprint density at radius 2 is 2.41 bits per heavy atom. The van der Waals surface area contributed by atoms with Crippen LogP contribution >= 0.6 is 11.3 Å². The van der Waals surface area contributed by atoms with Gasteiger partial charge in [-0.3, -0.25) is 4.79 Å². The van der Waals surface area contributed by atoms with E-state index in [4.69, 9.17) is 0 Å². The number of thiazole rings is 1. The molecule has 0 spiro atoms. The lowest BCUT2D eigenvalue weighted by Crippen LogP contribution is -2.35. The van der Waals surface area contributed by atoms with Gasteiger partial charge in [0, 0.05) is 17.6 Å². The predicted octanol–water partition coefficient (Wildman–Crippen LogP) is 1.48. The molecule has 1 amide bonds. The van der Waals surface area contributed by atoms with E-state index in [9.17, 15) is 4.79 Å². The molecule has 1 unspecified atom stereocenters. The van der Waals surface area contributed by atoms with E-state index in [1.165, 1.54) is 4.88 Å². The Balaban J connectivity index is 1.94. The molecule has 0 bridgehead atoms. The standard InChI is InChI=1S/C12H19N3OS/c1-7-4-13-6-10(7)11(16)15-9(3)12-14-5-8(2)17-12/h5,7,9-10,13H,4,6H2,1-3H3,(H,15,16)/t7-,9?,10-/m1/s1. The van der Waals surface area contributed by atoms with Crippen molar-refractivity contribution in [1.82, 2.24) is 15.6 Å². The highest BCUT2D eigenvalue weighted by molar-refractivity contribution is 7.11. The summed E-state index contributed by atoms with van der Waals surface area (Å²) >= 11 is 1.64. The van der Waals surface area contributed by atoms with E-state index in [0.717, 1.165) is 18.1 Å². The molecule has 1 fully saturated rings. The molecule has 2 N–H and O–H groups in total. The SMILES string of the molecule is Cc1cnc(C(C)NC(=O)[C@@H]2CNC[C@H]2C)s1. The quantitative estimate of drug-likeness (QED) is 0.858. The Bertz CT molecular complexity index is 404. The van der Waals surface area contributed by atoms with Gasteiger partial charge >= 0.3 is 0 Å². The summed E-state index contributed by atoms with van der Waals surface area (Å²) in [5.74, 6) is 0.654. The summed E-state index contributed by atoms with van der Waals surface area (Å²) in [5.41, 5.74) is 0. The van der Waals surface area contributed by atoms with Crippen LogP contribution in [0.15, 0.2) is 6.20 Å². The maximum absolute atomic E-state index is 12.1. The fourth-order valence-electron chi connectivity index (χ4n) is 2.12. The van der Waals surface area contributed by atoms with Crippen LogP contribution in [0.25, 0.3) is 0 Å². The Morgan fingerprint density at radius 1 is 1.65 bits per heavy atom. The van der Waals surface area contributed by atoms with Gasteiger partial charge in [0.15, 0.2) is 0 Å². The van der Waals surface area contributed by atoms with E-state index in [1.807, 2.05) is 20.0 Å². The van der Waals surface area contributed by atoms with Gasteiger partial charge in [-0.2, -0.15) is 0 Å². The summed E-state index contributed by atoms with van der Waals surface area (Å²) in [6, 6.07) is 0.00833. The van der Waals surface area contributed by atoms with Gasteiger partial charge in [-0.25, -0.2) is 4.98 Å². The van der Waals surface area contributed by atoms with Crippen LogP contribution in [0.3, 0.4) is 0 Å². The third-order valence-electron chi connectivity index (χ3n) is 3.22. The number of nitrogens with one attached hydrogen (secondary N) is 2. The highest BCUT2D eigenvalue weighted by Crippen LogP contribution is 2.21. The predicted molar refractivity (Wildman–Crippen MR) is 68.9 cm³/mol. The number of aryl methyl sites for hydroxylation is 1. The van der Waals surface area contributed by atoms with Crippen molar-refractivity contribution in [3.63, 3.8) is 0 Å². The number of nitrogens with zero attached hydrogens (tertiary/aromatic N) is 1. The molecule has 1 aromatic heterocycles. The minimum absolute atomic E-state index is 0.00833. The highest BCUT2D eigenvalue weighted by Gasteiger charge is 2.30. The van der Waals surface area contributed by atoms with Crippen LogP contribution in [0.2, 0.25) is 0 Å². The molecule has 5 heteroatoms. The second-order valence-corrected chi connectivity index (χ2v) is 6.05. The van der Waals surface area contributed by atoms with E-state index < -0.39 is 0 Å². The number of aromatic nitrogens is 1. The number of carbonyl (C=O) groups is 1. The highest BCUT2D eigenvalue weighted by atomic mass is 32.1. The molecule has 1 aliphatic rings. The molecule has 1 aliphatic heterocycles. The third-order valence-corrected chi connectivity index (χ3v) is 4.32. The zero-order valence-electron chi connectivity index (χ0n) is 10.5. The smallest absolute Gasteiger partial charge is 0.225 e. The molecule has 2 heterocycles. The monoisotopic (exact) mass is 253 g/mol. The molecule has 0 saturated carbocycles. The fourth-order valence-corrected chi connectivity index (χ4v) is 2.89. The molecule has 1 saturated heterocycles. The Hall–Kier alpha value is -0.940. The van der Waals surface area contributed by atoms with E-state index in [-0.39, 0.29) is 17.9 Å². The van der Waals surface area contributed by atoms with Gasteiger partial charge in [0.05, 0.1) is 12.0 Å². The van der Waals surface area contributed by atoms with Gasteiger partial charge in [0.2, 0.25) is 5.91 Å². The summed E-state index contributed by atoms with van der Waals surface area (Å²) in [5, 5.41) is 7.28. The molecule has 94 valence electrons. The van der Waals surface area contributed by atoms with Gasteiger partial charge < -0.3 is 10.6 Å². The second kappa shape index (κ2) is 5.14. The Kier molecular flexibility index (Phi) is 3.79. The van der Waals surface area contributed by atoms with E-state index in [0.29, 0.717) is 5.92 Å². The summed E-state index contributed by atoms with van der Waals surface area (Å²) in [6.45, 7) is 7.85. The summed E-state index contributed by atoms with van der Waals surface area (Å²) in [7, 11) is 0. The van der Waals surface area contributed by atoms with Crippen molar-refractivity contribution in [3.8, 4) is 0 Å². The third kappa shape index (κ3) is 2.84. The number of hydrogen-bond acceptors (Lipinski definition) is 4. The first-order valence-electron chi connectivity index (χ1n) is 6.01. The van der Waals surface area contributed by atoms with Gasteiger partial charge in [0.25, 0.3) is 0 Å². The largest absolute Gasteiger partial charge is 0.347 e. The lowest BCUT2D eigenvalue weighted by atomic mass is 9.97. The number of rotatable bonds is 3. The minimum atomic E-state index is 0.00833. The molecule has 2 rings (SSSR count). The minimum Gasteiger partial charge on any atom is -0.347 e. The fraction of sp³-hybridized carbons (Fsp3) is 0.667. The van der Waals surface area contributed by atoms with E-state index >= 15 is 0 Å². The van der Waals surface area contributed by atoms with Gasteiger partial charge in [-0.15, -0.1) is 11.3 Å². The van der Waals surface area contributed by atoms with Gasteiger partial charge in [0.1, 0.15) is 5.01 Å². The molecule has 3 atom stereocenters. The van der Waals surface area contributed by atoms with Crippen LogP contribution in [0.1, 0.15) is 29.8 Å². The maximum atomic E-state index is 12.1. The summed E-state index contributed by atoms with van der Waals surface area (Å²) < 4.78 is 0. The Morgan fingerprint density at radius 3 is 2.94 bits per heavy atom. The van der Waals surface area contributed by atoms with Crippen molar-refractivity contribution in [2.75, 3.05) is 13.1 Å². The van der Waals surface area contributed by atoms with Crippen LogP contribution in [0.4, 0.5) is 0 Å². The topological polar surface area (TPSA) is 54.0 Å². The van der Waals surface area contributed by atoms with E-state index in [2.05, 4.69) is 22.5 Å². The average molecular weight is 253 g/mol. The van der Waals surface area contributed by atoms with E-state index in [1.54, 1.807) is 11.3 Å². The number of hydrogen-bond donors (Lipinski definition) is 2. The first-order chi connectivity index (χ1) is 8.08. The molecule has 0 aromatic carbocycles. The molecule has 1 aromatic rings. The van der Waals surface area contributed by atoms with Gasteiger partial charge in [-0.1, -0.05) is 6.92 Å². The Labute approximate surface area is 106 Å². The zero-order valence-corrected chi connectivity index (χ0v) is 11.3. The van der Waals surface area contributed by atoms with Crippen molar-refractivity contribution in [2.45, 2.75) is 26.8 Å². The number of carbonyl (C=O) groups excluding carboxylic acids is 1. The first-order valence-corrected chi connectivity index (χ1v) is 6.83. The lowest BCUT2D eigenvalue weighted by molar-refractivity contribution is -0.126. The van der Waals surface area contributed by atoms with Gasteiger partial charge in [-0.05, 0) is 26.3 Å². The molecular formula is C12H19N3OS. The van der Waals surface area contributed by atoms with Crippen LogP contribution in [0.5, 0.6) is 0 Å². The zero-order chi connectivity index (χ0) is 12.4. The van der Waals surface area contributed by atoms with Crippen LogP contribution in [-0.4, -0.2) is 24.0 Å². The molecule has 0 aliphatic carbocycles. The second-order valence-electron chi connectivity index (χ2n) is 4.78. The lowest BCUT2D eigenvalue weighted by Gasteiger charge is -2.17. The summed E-state index contributed by atoms with van der Waals surface area (Å²) in [4.78, 5) is 17.6. The number of amides is 1. The molecule has 4 nitrogen and oxygen atoms in total. The van der Waals surface area contributed by atoms with Crippen LogP contribution in [-0.2, 0) is 4.79 Å². The molecule has 0 radical (unpaired) electrons. The van der Waals surface area contributed by atoms with Crippen molar-refractivity contribution < 1.29 is 4.79 Å². The molecular weight excluding hydrogens is 234 g/mol. The normalized spacial score (nSPS) is 25.8. The van der Waals surface area contributed by atoms with Crippen LogP contribution < -0.4 is 10.6 Å². The van der Waals surface area contributed by atoms with Crippen LogP contribution in [0, 0.1) is 18.8 Å².